The van der Waals surface area contributed by atoms with E-state index in [2.05, 4.69) is 13.8 Å². The number of alkyl halides is 1. The highest BCUT2D eigenvalue weighted by atomic mass is 19.1. The van der Waals surface area contributed by atoms with Gasteiger partial charge in [-0.25, -0.2) is 4.39 Å². The molecule has 0 aliphatic heterocycles. The molecule has 140 valence electrons. The third kappa shape index (κ3) is 2.42. The molecular weight excluding hydrogens is 319 g/mol. The van der Waals surface area contributed by atoms with Gasteiger partial charge in [0.2, 0.25) is 0 Å². The standard InChI is InChI=1S/C21H31FO3/c1-12(23)25-18-7-6-14-13-11-17(24)19-16(22)5-4-9-21(19,3)15(13)8-10-20(14,18)2/h13-16,18-19H,4-11H2,1-3H3/t13-,14-,15-,16+,18-,19+,20-,21+/m0/s1. The van der Waals surface area contributed by atoms with E-state index in [9.17, 15) is 14.0 Å². The number of rotatable bonds is 1. The largest absolute Gasteiger partial charge is 0.462 e. The Kier molecular flexibility index (Phi) is 4.05. The number of hydrogen-bond acceptors (Lipinski definition) is 3. The molecule has 4 rings (SSSR count). The van der Waals surface area contributed by atoms with Crippen molar-refractivity contribution in [2.75, 3.05) is 0 Å². The van der Waals surface area contributed by atoms with E-state index >= 15 is 0 Å². The van der Waals surface area contributed by atoms with Crippen LogP contribution in [0.3, 0.4) is 0 Å². The fourth-order valence-electron chi connectivity index (χ4n) is 7.49. The van der Waals surface area contributed by atoms with Crippen molar-refractivity contribution < 1.29 is 18.7 Å². The average molecular weight is 350 g/mol. The predicted octanol–water partition coefficient (Wildman–Crippen LogP) is 4.48. The zero-order chi connectivity index (χ0) is 18.0. The topological polar surface area (TPSA) is 43.4 Å². The Morgan fingerprint density at radius 3 is 2.52 bits per heavy atom. The summed E-state index contributed by atoms with van der Waals surface area (Å²) in [4.78, 5) is 24.4. The first-order chi connectivity index (χ1) is 11.8. The SMILES string of the molecule is CC(=O)O[C@H]1CC[C@H]2[C@@H]3CC(=O)[C@H]4[C@H](F)CCC[C@]4(C)[C@H]3CC[C@]12C. The van der Waals surface area contributed by atoms with E-state index in [-0.39, 0.29) is 34.6 Å². The summed E-state index contributed by atoms with van der Waals surface area (Å²) in [5, 5.41) is 0. The Bertz CT molecular complexity index is 590. The van der Waals surface area contributed by atoms with Gasteiger partial charge in [0.25, 0.3) is 0 Å². The summed E-state index contributed by atoms with van der Waals surface area (Å²) in [6.07, 6.45) is 6.04. The van der Waals surface area contributed by atoms with Gasteiger partial charge in [-0.05, 0) is 68.1 Å². The van der Waals surface area contributed by atoms with E-state index in [4.69, 9.17) is 4.74 Å². The van der Waals surface area contributed by atoms with E-state index in [0.29, 0.717) is 30.6 Å². The number of carbonyl (C=O) groups is 2. The van der Waals surface area contributed by atoms with Crippen LogP contribution in [0.2, 0.25) is 0 Å². The molecule has 0 radical (unpaired) electrons. The molecule has 0 amide bonds. The Morgan fingerprint density at radius 1 is 1.08 bits per heavy atom. The average Bonchev–Trinajstić information content (AvgIpc) is 2.83. The zero-order valence-electron chi connectivity index (χ0n) is 15.7. The summed E-state index contributed by atoms with van der Waals surface area (Å²) >= 11 is 0. The Balaban J connectivity index is 1.64. The van der Waals surface area contributed by atoms with Gasteiger partial charge in [0.1, 0.15) is 18.1 Å². The van der Waals surface area contributed by atoms with Crippen molar-refractivity contribution in [1.29, 1.82) is 0 Å². The van der Waals surface area contributed by atoms with Crippen LogP contribution in [0.25, 0.3) is 0 Å². The number of hydrogen-bond donors (Lipinski definition) is 0. The molecule has 0 aromatic rings. The molecule has 0 aromatic carbocycles. The molecule has 4 aliphatic rings. The smallest absolute Gasteiger partial charge is 0.302 e. The van der Waals surface area contributed by atoms with E-state index in [1.165, 1.54) is 6.92 Å². The highest BCUT2D eigenvalue weighted by Gasteiger charge is 2.63. The minimum atomic E-state index is -0.946. The molecule has 0 aromatic heterocycles. The Hall–Kier alpha value is -0.930. The highest BCUT2D eigenvalue weighted by molar-refractivity contribution is 5.84. The number of halogens is 1. The second-order valence-corrected chi connectivity index (χ2v) is 9.66. The summed E-state index contributed by atoms with van der Waals surface area (Å²) in [5.74, 6) is 0.806. The Morgan fingerprint density at radius 2 is 1.80 bits per heavy atom. The molecule has 0 unspecified atom stereocenters. The molecule has 0 spiro atoms. The molecule has 4 fully saturated rings. The molecule has 4 heteroatoms. The van der Waals surface area contributed by atoms with Crippen molar-refractivity contribution >= 4 is 11.8 Å². The van der Waals surface area contributed by atoms with E-state index < -0.39 is 6.17 Å². The Labute approximate surface area is 150 Å². The first-order valence-electron chi connectivity index (χ1n) is 10.1. The molecule has 0 N–H and O–H groups in total. The number of Topliss-reactive ketones (excluding diaryl/α,β-unsaturated/α-hetero) is 1. The summed E-state index contributed by atoms with van der Waals surface area (Å²) in [6, 6.07) is 0. The van der Waals surface area contributed by atoms with Crippen LogP contribution in [0.5, 0.6) is 0 Å². The van der Waals surface area contributed by atoms with Crippen LogP contribution in [0.1, 0.15) is 72.1 Å². The summed E-state index contributed by atoms with van der Waals surface area (Å²) in [5.41, 5.74) is -0.182. The first-order valence-corrected chi connectivity index (χ1v) is 10.1. The molecule has 0 bridgehead atoms. The van der Waals surface area contributed by atoms with E-state index in [1.807, 2.05) is 0 Å². The molecule has 8 atom stereocenters. The molecule has 4 saturated carbocycles. The third-order valence-corrected chi connectivity index (χ3v) is 8.56. The normalized spacial score (nSPS) is 52.1. The highest BCUT2D eigenvalue weighted by Crippen LogP contribution is 2.66. The maximum atomic E-state index is 14.6. The quantitative estimate of drug-likeness (QED) is 0.655. The lowest BCUT2D eigenvalue weighted by atomic mass is 9.44. The van der Waals surface area contributed by atoms with Gasteiger partial charge in [-0.2, -0.15) is 0 Å². The number of fused-ring (bicyclic) bond motifs is 5. The maximum absolute atomic E-state index is 14.6. The van der Waals surface area contributed by atoms with Crippen LogP contribution in [0.15, 0.2) is 0 Å². The third-order valence-electron chi connectivity index (χ3n) is 8.56. The number of ether oxygens (including phenoxy) is 1. The van der Waals surface area contributed by atoms with Gasteiger partial charge in [0, 0.05) is 18.8 Å². The van der Waals surface area contributed by atoms with Gasteiger partial charge in [-0.15, -0.1) is 0 Å². The van der Waals surface area contributed by atoms with E-state index in [1.54, 1.807) is 0 Å². The number of esters is 1. The van der Waals surface area contributed by atoms with Crippen molar-refractivity contribution in [2.45, 2.75) is 84.4 Å². The second-order valence-electron chi connectivity index (χ2n) is 9.66. The van der Waals surface area contributed by atoms with Crippen LogP contribution >= 0.6 is 0 Å². The summed E-state index contributed by atoms with van der Waals surface area (Å²) < 4.78 is 20.3. The van der Waals surface area contributed by atoms with Crippen LogP contribution in [0.4, 0.5) is 4.39 Å². The van der Waals surface area contributed by atoms with Crippen molar-refractivity contribution in [3.05, 3.63) is 0 Å². The van der Waals surface area contributed by atoms with Crippen LogP contribution in [0, 0.1) is 34.5 Å². The minimum absolute atomic E-state index is 0.0138. The van der Waals surface area contributed by atoms with Gasteiger partial charge in [-0.3, -0.25) is 9.59 Å². The predicted molar refractivity (Wildman–Crippen MR) is 92.6 cm³/mol. The van der Waals surface area contributed by atoms with Gasteiger partial charge >= 0.3 is 5.97 Å². The van der Waals surface area contributed by atoms with E-state index in [0.717, 1.165) is 38.5 Å². The van der Waals surface area contributed by atoms with Crippen LogP contribution in [-0.4, -0.2) is 24.0 Å². The monoisotopic (exact) mass is 350 g/mol. The minimum Gasteiger partial charge on any atom is -0.462 e. The van der Waals surface area contributed by atoms with Gasteiger partial charge in [-0.1, -0.05) is 13.8 Å². The number of ketones is 1. The summed E-state index contributed by atoms with van der Waals surface area (Å²) in [6.45, 7) is 5.94. The van der Waals surface area contributed by atoms with Crippen LogP contribution in [-0.2, 0) is 14.3 Å². The van der Waals surface area contributed by atoms with Crippen molar-refractivity contribution in [1.82, 2.24) is 0 Å². The van der Waals surface area contributed by atoms with Gasteiger partial charge in [0.15, 0.2) is 0 Å². The molecular formula is C21H31FO3. The maximum Gasteiger partial charge on any atom is 0.302 e. The lowest BCUT2D eigenvalue weighted by molar-refractivity contribution is -0.171. The van der Waals surface area contributed by atoms with Crippen molar-refractivity contribution in [3.8, 4) is 0 Å². The van der Waals surface area contributed by atoms with Gasteiger partial charge < -0.3 is 4.74 Å². The molecule has 0 saturated heterocycles. The lowest BCUT2D eigenvalue weighted by Crippen LogP contribution is -2.58. The lowest BCUT2D eigenvalue weighted by Gasteiger charge is -2.59. The summed E-state index contributed by atoms with van der Waals surface area (Å²) in [7, 11) is 0. The van der Waals surface area contributed by atoms with Crippen LogP contribution < -0.4 is 0 Å². The fraction of sp³-hybridized carbons (Fsp3) is 0.905. The fourth-order valence-corrected chi connectivity index (χ4v) is 7.49. The van der Waals surface area contributed by atoms with Gasteiger partial charge in [0.05, 0.1) is 5.92 Å². The first kappa shape index (κ1) is 17.5. The van der Waals surface area contributed by atoms with Crippen molar-refractivity contribution in [3.63, 3.8) is 0 Å². The molecule has 0 heterocycles. The molecule has 4 aliphatic carbocycles. The number of carbonyl (C=O) groups excluding carboxylic acids is 2. The zero-order valence-corrected chi connectivity index (χ0v) is 15.7. The second kappa shape index (κ2) is 5.79. The molecule has 25 heavy (non-hydrogen) atoms. The molecule has 3 nitrogen and oxygen atoms in total. The van der Waals surface area contributed by atoms with Crippen molar-refractivity contribution in [2.24, 2.45) is 34.5 Å².